The van der Waals surface area contributed by atoms with Crippen molar-refractivity contribution in [1.29, 1.82) is 0 Å². The number of fused-ring (bicyclic) bond motifs is 2. The van der Waals surface area contributed by atoms with Crippen LogP contribution in [0.1, 0.15) is 23.6 Å². The van der Waals surface area contributed by atoms with Crippen LogP contribution in [0.4, 0.5) is 14.5 Å². The first-order valence-corrected chi connectivity index (χ1v) is 8.11. The second-order valence-electron chi connectivity index (χ2n) is 5.92. The van der Waals surface area contributed by atoms with Crippen LogP contribution < -0.4 is 10.6 Å². The Bertz CT molecular complexity index is 826. The minimum Gasteiger partial charge on any atom is -0.325 e. The average Bonchev–Trinajstić information content (AvgIpc) is 3.07. The highest BCUT2D eigenvalue weighted by Crippen LogP contribution is 2.51. The molecule has 2 aliphatic heterocycles. The molecular weight excluding hydrogens is 366 g/mol. The van der Waals surface area contributed by atoms with Crippen LogP contribution in [0.3, 0.4) is 0 Å². The summed E-state index contributed by atoms with van der Waals surface area (Å²) in [6.07, 6.45) is 0.492. The van der Waals surface area contributed by atoms with E-state index in [0.29, 0.717) is 29.8 Å². The van der Waals surface area contributed by atoms with E-state index in [-0.39, 0.29) is 11.7 Å². The molecule has 1 spiro atoms. The largest absolute Gasteiger partial charge is 0.325 e. The molecule has 2 aromatic rings. The van der Waals surface area contributed by atoms with Gasteiger partial charge in [0.05, 0.1) is 11.5 Å². The van der Waals surface area contributed by atoms with Crippen LogP contribution in [-0.4, -0.2) is 12.5 Å². The highest BCUT2D eigenvalue weighted by Gasteiger charge is 2.56. The number of hydrogen-bond donors (Lipinski definition) is 2. The van der Waals surface area contributed by atoms with Crippen LogP contribution in [0.5, 0.6) is 0 Å². The minimum atomic E-state index is -0.987. The Morgan fingerprint density at radius 2 is 2.00 bits per heavy atom. The topological polar surface area (TPSA) is 41.1 Å². The van der Waals surface area contributed by atoms with Gasteiger partial charge in [-0.25, -0.2) is 8.78 Å². The van der Waals surface area contributed by atoms with Gasteiger partial charge in [0.25, 0.3) is 0 Å². The summed E-state index contributed by atoms with van der Waals surface area (Å²) in [4.78, 5) is 12.7. The van der Waals surface area contributed by atoms with Gasteiger partial charge in [-0.2, -0.15) is 0 Å². The smallest absolute Gasteiger partial charge is 0.237 e. The average molecular weight is 379 g/mol. The second-order valence-corrected chi connectivity index (χ2v) is 6.83. The number of anilines is 1. The van der Waals surface area contributed by atoms with E-state index in [9.17, 15) is 13.6 Å². The van der Waals surface area contributed by atoms with E-state index < -0.39 is 17.3 Å². The van der Waals surface area contributed by atoms with Crippen molar-refractivity contribution in [2.75, 3.05) is 11.9 Å². The summed E-state index contributed by atoms with van der Waals surface area (Å²) in [5.74, 6) is -1.00. The van der Waals surface area contributed by atoms with E-state index in [0.717, 1.165) is 4.47 Å². The van der Waals surface area contributed by atoms with Crippen molar-refractivity contribution in [3.8, 4) is 0 Å². The van der Waals surface area contributed by atoms with Crippen molar-refractivity contribution < 1.29 is 13.6 Å². The Hall–Kier alpha value is -1.79. The van der Waals surface area contributed by atoms with Crippen molar-refractivity contribution >= 4 is 27.5 Å². The zero-order valence-electron chi connectivity index (χ0n) is 12.0. The van der Waals surface area contributed by atoms with E-state index in [1.807, 2.05) is 0 Å². The Morgan fingerprint density at radius 3 is 2.83 bits per heavy atom. The fraction of sp³-hybridized carbons (Fsp3) is 0.235. The molecule has 0 saturated carbocycles. The summed E-state index contributed by atoms with van der Waals surface area (Å²) in [5, 5.41) is 6.03. The molecule has 1 saturated heterocycles. The Kier molecular flexibility index (Phi) is 3.28. The van der Waals surface area contributed by atoms with Gasteiger partial charge in [-0.3, -0.25) is 4.79 Å². The van der Waals surface area contributed by atoms with Gasteiger partial charge in [-0.15, -0.1) is 0 Å². The van der Waals surface area contributed by atoms with Crippen molar-refractivity contribution in [2.45, 2.75) is 17.9 Å². The van der Waals surface area contributed by atoms with Crippen LogP contribution >= 0.6 is 15.9 Å². The first-order chi connectivity index (χ1) is 11.0. The first-order valence-electron chi connectivity index (χ1n) is 7.32. The summed E-state index contributed by atoms with van der Waals surface area (Å²) in [6.45, 7) is 0.556. The van der Waals surface area contributed by atoms with Gasteiger partial charge in [0.15, 0.2) is 0 Å². The number of hydrogen-bond acceptors (Lipinski definition) is 2. The van der Waals surface area contributed by atoms with E-state index in [2.05, 4.69) is 26.6 Å². The molecule has 2 atom stereocenters. The highest BCUT2D eigenvalue weighted by molar-refractivity contribution is 9.10. The Morgan fingerprint density at radius 1 is 1.17 bits per heavy atom. The zero-order valence-corrected chi connectivity index (χ0v) is 13.6. The molecule has 4 rings (SSSR count). The van der Waals surface area contributed by atoms with Crippen molar-refractivity contribution in [3.05, 3.63) is 63.6 Å². The molecule has 118 valence electrons. The minimum absolute atomic E-state index is 0.215. The molecule has 6 heteroatoms. The summed E-state index contributed by atoms with van der Waals surface area (Å²) in [6, 6.07) is 8.37. The van der Waals surface area contributed by atoms with Gasteiger partial charge in [0.1, 0.15) is 11.6 Å². The van der Waals surface area contributed by atoms with Crippen LogP contribution in [0.2, 0.25) is 0 Å². The van der Waals surface area contributed by atoms with Crippen molar-refractivity contribution in [3.63, 3.8) is 0 Å². The molecule has 0 aromatic heterocycles. The van der Waals surface area contributed by atoms with E-state index in [1.54, 1.807) is 18.2 Å². The van der Waals surface area contributed by atoms with E-state index in [4.69, 9.17) is 0 Å². The number of nitrogens with one attached hydrogen (secondary N) is 2. The van der Waals surface area contributed by atoms with Gasteiger partial charge in [0.2, 0.25) is 5.91 Å². The van der Waals surface area contributed by atoms with Gasteiger partial charge in [-0.1, -0.05) is 15.9 Å². The van der Waals surface area contributed by atoms with Crippen molar-refractivity contribution in [2.24, 2.45) is 0 Å². The molecule has 2 unspecified atom stereocenters. The summed E-state index contributed by atoms with van der Waals surface area (Å²) in [5.41, 5.74) is 0.612. The molecular formula is C17H13BrF2N2O. The summed E-state index contributed by atoms with van der Waals surface area (Å²) >= 11 is 3.34. The Balaban J connectivity index is 1.92. The quantitative estimate of drug-likeness (QED) is 0.794. The lowest BCUT2D eigenvalue weighted by atomic mass is 9.72. The molecule has 2 aliphatic rings. The lowest BCUT2D eigenvalue weighted by Crippen LogP contribution is -2.40. The maximum atomic E-state index is 14.4. The lowest BCUT2D eigenvalue weighted by Gasteiger charge is -2.29. The predicted octanol–water partition coefficient (Wildman–Crippen LogP) is 3.65. The van der Waals surface area contributed by atoms with Crippen LogP contribution in [0.25, 0.3) is 0 Å². The van der Waals surface area contributed by atoms with Crippen molar-refractivity contribution in [1.82, 2.24) is 5.32 Å². The molecule has 3 nitrogen and oxygen atoms in total. The number of benzene rings is 2. The van der Waals surface area contributed by atoms with E-state index >= 15 is 0 Å². The van der Waals surface area contributed by atoms with Crippen LogP contribution in [0.15, 0.2) is 40.9 Å². The molecule has 2 N–H and O–H groups in total. The standard InChI is InChI=1S/C17H13BrF2N2O/c18-9-1-3-13(20)11(7-9)15-17(5-6-21-15)12-8-10(19)2-4-14(12)22-16(17)23/h1-4,7-8,15,21H,5-6H2,(H,22,23). The normalized spacial score (nSPS) is 25.7. The molecule has 23 heavy (non-hydrogen) atoms. The second kappa shape index (κ2) is 5.11. The lowest BCUT2D eigenvalue weighted by molar-refractivity contribution is -0.121. The van der Waals surface area contributed by atoms with E-state index in [1.165, 1.54) is 18.2 Å². The fourth-order valence-electron chi connectivity index (χ4n) is 3.73. The maximum Gasteiger partial charge on any atom is 0.237 e. The van der Waals surface area contributed by atoms with Crippen LogP contribution in [-0.2, 0) is 10.2 Å². The number of rotatable bonds is 1. The molecule has 1 fully saturated rings. The number of carbonyl (C=O) groups excluding carboxylic acids is 1. The third-order valence-electron chi connectivity index (χ3n) is 4.75. The third kappa shape index (κ3) is 2.05. The zero-order chi connectivity index (χ0) is 16.2. The monoisotopic (exact) mass is 378 g/mol. The molecule has 1 amide bonds. The SMILES string of the molecule is O=C1Nc2ccc(F)cc2C12CCNC2c1cc(Br)ccc1F. The number of halogens is 3. The molecule has 0 radical (unpaired) electrons. The Labute approximate surface area is 140 Å². The fourth-order valence-corrected chi connectivity index (χ4v) is 4.11. The predicted molar refractivity (Wildman–Crippen MR) is 86.2 cm³/mol. The summed E-state index contributed by atoms with van der Waals surface area (Å²) < 4.78 is 28.9. The first kappa shape index (κ1) is 14.8. The molecule has 2 heterocycles. The third-order valence-corrected chi connectivity index (χ3v) is 5.24. The van der Waals surface area contributed by atoms with Gasteiger partial charge >= 0.3 is 0 Å². The van der Waals surface area contributed by atoms with Gasteiger partial charge in [-0.05, 0) is 54.9 Å². The summed E-state index contributed by atoms with van der Waals surface area (Å²) in [7, 11) is 0. The molecule has 0 bridgehead atoms. The number of carbonyl (C=O) groups is 1. The highest BCUT2D eigenvalue weighted by atomic mass is 79.9. The van der Waals surface area contributed by atoms with Gasteiger partial charge in [0, 0.05) is 15.7 Å². The van der Waals surface area contributed by atoms with Gasteiger partial charge < -0.3 is 10.6 Å². The molecule has 2 aromatic carbocycles. The number of amides is 1. The maximum absolute atomic E-state index is 14.4. The van der Waals surface area contributed by atoms with Crippen LogP contribution in [0, 0.1) is 11.6 Å². The molecule has 0 aliphatic carbocycles.